The molecule has 0 amide bonds. The summed E-state index contributed by atoms with van der Waals surface area (Å²) < 4.78 is 16.6. The predicted molar refractivity (Wildman–Crippen MR) is 224 cm³/mol. The molecule has 0 heterocycles. The molecule has 0 fully saturated rings. The van der Waals surface area contributed by atoms with Gasteiger partial charge in [-0.25, -0.2) is 0 Å². The minimum absolute atomic E-state index is 0.0852. The van der Waals surface area contributed by atoms with Crippen molar-refractivity contribution < 1.29 is 28.6 Å². The van der Waals surface area contributed by atoms with E-state index in [1.165, 1.54) is 141 Å². The number of ether oxygens (including phenoxy) is 3. The van der Waals surface area contributed by atoms with Crippen LogP contribution in [0.15, 0.2) is 24.3 Å². The standard InChI is InChI=1S/C47H86O6/c1-4-7-10-13-16-18-20-22-23-25-26-28-31-34-37-40-46(49)52-43-44(42-51-45(48)39-36-33-30-15-12-9-6-3)53-47(50)41-38-35-32-29-27-24-21-19-17-14-11-8-5-2/h25-26,31,34,44H,4-24,27-30,32-33,35-43H2,1-3H3/b26-25-,34-31-. The SMILES string of the molecule is CCCCCCCCCC/C=C\C/C=C\CCC(=O)OCC(COC(=O)CCCCCCCCC)OC(=O)CCCCCCCCCCCCCCC. The Kier molecular flexibility index (Phi) is 40.9. The number of hydrogen-bond acceptors (Lipinski definition) is 6. The van der Waals surface area contributed by atoms with E-state index >= 15 is 0 Å². The molecule has 0 aliphatic carbocycles. The number of carbonyl (C=O) groups is 3. The zero-order chi connectivity index (χ0) is 38.7. The van der Waals surface area contributed by atoms with Crippen LogP contribution in [0.1, 0.15) is 239 Å². The summed E-state index contributed by atoms with van der Waals surface area (Å²) in [6.45, 7) is 6.54. The lowest BCUT2D eigenvalue weighted by Crippen LogP contribution is -2.30. The molecule has 6 nitrogen and oxygen atoms in total. The first-order valence-corrected chi connectivity index (χ1v) is 22.8. The summed E-state index contributed by atoms with van der Waals surface area (Å²) >= 11 is 0. The normalized spacial score (nSPS) is 12.1. The second kappa shape index (κ2) is 42.6. The lowest BCUT2D eigenvalue weighted by atomic mass is 10.0. The van der Waals surface area contributed by atoms with E-state index in [9.17, 15) is 14.4 Å². The van der Waals surface area contributed by atoms with Crippen molar-refractivity contribution in [1.29, 1.82) is 0 Å². The van der Waals surface area contributed by atoms with Gasteiger partial charge in [0, 0.05) is 19.3 Å². The molecule has 0 radical (unpaired) electrons. The van der Waals surface area contributed by atoms with Gasteiger partial charge in [0.25, 0.3) is 0 Å². The average molecular weight is 747 g/mol. The number of allylic oxidation sites excluding steroid dienone is 4. The fourth-order valence-electron chi connectivity index (χ4n) is 6.49. The van der Waals surface area contributed by atoms with E-state index in [2.05, 4.69) is 39.0 Å². The van der Waals surface area contributed by atoms with Crippen LogP contribution in [-0.2, 0) is 28.6 Å². The molecule has 0 bridgehead atoms. The third-order valence-electron chi connectivity index (χ3n) is 9.97. The van der Waals surface area contributed by atoms with Crippen LogP contribution in [0.3, 0.4) is 0 Å². The highest BCUT2D eigenvalue weighted by atomic mass is 16.6. The van der Waals surface area contributed by atoms with Crippen molar-refractivity contribution in [1.82, 2.24) is 0 Å². The molecule has 0 saturated carbocycles. The van der Waals surface area contributed by atoms with Gasteiger partial charge in [0.15, 0.2) is 6.10 Å². The molecule has 1 atom stereocenters. The van der Waals surface area contributed by atoms with Crippen molar-refractivity contribution in [3.63, 3.8) is 0 Å². The second-order valence-corrected chi connectivity index (χ2v) is 15.3. The van der Waals surface area contributed by atoms with Crippen LogP contribution in [0.4, 0.5) is 0 Å². The lowest BCUT2D eigenvalue weighted by molar-refractivity contribution is -0.166. The minimum atomic E-state index is -0.784. The Hall–Kier alpha value is -2.11. The van der Waals surface area contributed by atoms with E-state index in [4.69, 9.17) is 14.2 Å². The van der Waals surface area contributed by atoms with Gasteiger partial charge >= 0.3 is 17.9 Å². The van der Waals surface area contributed by atoms with Crippen LogP contribution in [0.2, 0.25) is 0 Å². The molecule has 310 valence electrons. The summed E-state index contributed by atoms with van der Waals surface area (Å²) in [5.41, 5.74) is 0. The minimum Gasteiger partial charge on any atom is -0.462 e. The van der Waals surface area contributed by atoms with Crippen LogP contribution in [0.5, 0.6) is 0 Å². The van der Waals surface area contributed by atoms with Gasteiger partial charge in [-0.15, -0.1) is 0 Å². The zero-order valence-electron chi connectivity index (χ0n) is 35.3. The Morgan fingerprint density at radius 1 is 0.377 bits per heavy atom. The summed E-state index contributed by atoms with van der Waals surface area (Å²) in [6.07, 6.45) is 46.1. The molecule has 0 spiro atoms. The van der Waals surface area contributed by atoms with E-state index in [0.29, 0.717) is 19.3 Å². The summed E-state index contributed by atoms with van der Waals surface area (Å²) in [5, 5.41) is 0. The fraction of sp³-hybridized carbons (Fsp3) is 0.851. The van der Waals surface area contributed by atoms with Crippen molar-refractivity contribution in [2.45, 2.75) is 245 Å². The maximum atomic E-state index is 12.7. The Labute approximate surface area is 328 Å². The summed E-state index contributed by atoms with van der Waals surface area (Å²) in [7, 11) is 0. The maximum Gasteiger partial charge on any atom is 0.306 e. The molecule has 0 N–H and O–H groups in total. The number of carbonyl (C=O) groups excluding carboxylic acids is 3. The van der Waals surface area contributed by atoms with E-state index < -0.39 is 6.10 Å². The van der Waals surface area contributed by atoms with Crippen molar-refractivity contribution in [2.75, 3.05) is 13.2 Å². The van der Waals surface area contributed by atoms with E-state index in [1.54, 1.807) is 0 Å². The summed E-state index contributed by atoms with van der Waals surface area (Å²) in [4.78, 5) is 37.5. The first-order chi connectivity index (χ1) is 26.0. The quantitative estimate of drug-likeness (QED) is 0.0268. The highest BCUT2D eigenvalue weighted by Crippen LogP contribution is 2.15. The Bertz CT molecular complexity index is 865. The summed E-state index contributed by atoms with van der Waals surface area (Å²) in [6, 6.07) is 0. The molecule has 0 aromatic carbocycles. The van der Waals surface area contributed by atoms with Crippen LogP contribution in [-0.4, -0.2) is 37.2 Å². The van der Waals surface area contributed by atoms with Gasteiger partial charge in [0.1, 0.15) is 13.2 Å². The third kappa shape index (κ3) is 40.9. The maximum absolute atomic E-state index is 12.7. The first-order valence-electron chi connectivity index (χ1n) is 22.8. The van der Waals surface area contributed by atoms with Crippen molar-refractivity contribution >= 4 is 17.9 Å². The van der Waals surface area contributed by atoms with E-state index in [1.807, 2.05) is 6.08 Å². The molecule has 0 saturated heterocycles. The number of rotatable bonds is 41. The molecular weight excluding hydrogens is 661 g/mol. The first kappa shape index (κ1) is 50.9. The molecular formula is C47H86O6. The zero-order valence-corrected chi connectivity index (χ0v) is 35.3. The third-order valence-corrected chi connectivity index (χ3v) is 9.97. The van der Waals surface area contributed by atoms with Gasteiger partial charge in [-0.1, -0.05) is 206 Å². The van der Waals surface area contributed by atoms with Gasteiger partial charge in [-0.2, -0.15) is 0 Å². The number of hydrogen-bond donors (Lipinski definition) is 0. The molecule has 1 unspecified atom stereocenters. The van der Waals surface area contributed by atoms with Crippen molar-refractivity contribution in [2.24, 2.45) is 0 Å². The Balaban J connectivity index is 4.35. The van der Waals surface area contributed by atoms with Gasteiger partial charge in [-0.3, -0.25) is 14.4 Å². The predicted octanol–water partition coefficient (Wildman–Crippen LogP) is 14.4. The van der Waals surface area contributed by atoms with Crippen LogP contribution in [0.25, 0.3) is 0 Å². The number of unbranched alkanes of at least 4 members (excludes halogenated alkanes) is 26. The Morgan fingerprint density at radius 2 is 0.717 bits per heavy atom. The van der Waals surface area contributed by atoms with Gasteiger partial charge < -0.3 is 14.2 Å². The molecule has 6 heteroatoms. The van der Waals surface area contributed by atoms with Crippen molar-refractivity contribution in [3.8, 4) is 0 Å². The van der Waals surface area contributed by atoms with Gasteiger partial charge in [0.05, 0.1) is 0 Å². The van der Waals surface area contributed by atoms with Crippen LogP contribution < -0.4 is 0 Å². The second-order valence-electron chi connectivity index (χ2n) is 15.3. The van der Waals surface area contributed by atoms with Gasteiger partial charge in [0.2, 0.25) is 0 Å². The Morgan fingerprint density at radius 3 is 1.15 bits per heavy atom. The molecule has 0 aromatic heterocycles. The number of esters is 3. The largest absolute Gasteiger partial charge is 0.462 e. The van der Waals surface area contributed by atoms with Crippen LogP contribution >= 0.6 is 0 Å². The highest BCUT2D eigenvalue weighted by molar-refractivity contribution is 5.71. The molecule has 0 aliphatic heterocycles. The van der Waals surface area contributed by atoms with Crippen LogP contribution in [0, 0.1) is 0 Å². The van der Waals surface area contributed by atoms with Crippen molar-refractivity contribution in [3.05, 3.63) is 24.3 Å². The highest BCUT2D eigenvalue weighted by Gasteiger charge is 2.19. The fourth-order valence-corrected chi connectivity index (χ4v) is 6.49. The molecule has 53 heavy (non-hydrogen) atoms. The lowest BCUT2D eigenvalue weighted by Gasteiger charge is -2.18. The smallest absolute Gasteiger partial charge is 0.306 e. The van der Waals surface area contributed by atoms with Gasteiger partial charge in [-0.05, 0) is 38.5 Å². The molecule has 0 rings (SSSR count). The average Bonchev–Trinajstić information content (AvgIpc) is 3.15. The topological polar surface area (TPSA) is 78.9 Å². The monoisotopic (exact) mass is 747 g/mol. The van der Waals surface area contributed by atoms with E-state index in [-0.39, 0.29) is 37.5 Å². The summed E-state index contributed by atoms with van der Waals surface area (Å²) in [5.74, 6) is -0.957. The molecule has 0 aromatic rings. The van der Waals surface area contributed by atoms with E-state index in [0.717, 1.165) is 51.4 Å². The molecule has 0 aliphatic rings.